The number of rotatable bonds is 1. The lowest BCUT2D eigenvalue weighted by Gasteiger charge is -2.11. The Labute approximate surface area is 75.3 Å². The first-order valence-electron chi connectivity index (χ1n) is 4.26. The maximum Gasteiger partial charge on any atom is 0.219 e. The summed E-state index contributed by atoms with van der Waals surface area (Å²) >= 11 is 0. The number of H-pyrrole nitrogens is 1. The molecule has 0 aliphatic carbocycles. The number of carbonyl (C=O) groups is 1. The Bertz CT molecular complexity index is 296. The van der Waals surface area contributed by atoms with Gasteiger partial charge in [0.1, 0.15) is 0 Å². The highest BCUT2D eigenvalue weighted by Gasteiger charge is 2.27. The maximum absolute atomic E-state index is 11.0. The quantitative estimate of drug-likeness (QED) is 0.636. The Hall–Kier alpha value is -1.46. The number of hydrogen-bond donors (Lipinski definition) is 1. The van der Waals surface area contributed by atoms with Crippen molar-refractivity contribution in [3.8, 4) is 0 Å². The van der Waals surface area contributed by atoms with E-state index in [4.69, 9.17) is 0 Å². The number of tetrazole rings is 1. The summed E-state index contributed by atoms with van der Waals surface area (Å²) in [5.74, 6) is 1.08. The standard InChI is InChI=1S/C7H11N5O/c1-5(13)12-3-2-6(4-12)7-8-10-11-9-7/h6H,2-4H2,1H3,(H,8,9,10,11). The summed E-state index contributed by atoms with van der Waals surface area (Å²) in [4.78, 5) is 12.8. The molecule has 2 heterocycles. The summed E-state index contributed by atoms with van der Waals surface area (Å²) < 4.78 is 0. The van der Waals surface area contributed by atoms with E-state index in [9.17, 15) is 4.79 Å². The van der Waals surface area contributed by atoms with Crippen LogP contribution in [0.2, 0.25) is 0 Å². The summed E-state index contributed by atoms with van der Waals surface area (Å²) in [5.41, 5.74) is 0. The van der Waals surface area contributed by atoms with Crippen molar-refractivity contribution in [2.75, 3.05) is 13.1 Å². The van der Waals surface area contributed by atoms with Gasteiger partial charge in [-0.3, -0.25) is 4.79 Å². The fourth-order valence-corrected chi connectivity index (χ4v) is 1.60. The Balaban J connectivity index is 2.03. The number of aromatic nitrogens is 4. The molecule has 1 atom stereocenters. The van der Waals surface area contributed by atoms with Gasteiger partial charge < -0.3 is 4.90 Å². The molecule has 0 saturated carbocycles. The molecule has 1 aromatic rings. The highest BCUT2D eigenvalue weighted by Crippen LogP contribution is 2.23. The van der Waals surface area contributed by atoms with Crippen molar-refractivity contribution in [3.63, 3.8) is 0 Å². The van der Waals surface area contributed by atoms with Crippen molar-refractivity contribution in [1.82, 2.24) is 25.5 Å². The lowest BCUT2D eigenvalue weighted by Crippen LogP contribution is -2.25. The van der Waals surface area contributed by atoms with Crippen molar-refractivity contribution in [3.05, 3.63) is 5.82 Å². The van der Waals surface area contributed by atoms with E-state index in [0.717, 1.165) is 19.5 Å². The summed E-state index contributed by atoms with van der Waals surface area (Å²) in [6, 6.07) is 0. The molecule has 13 heavy (non-hydrogen) atoms. The third-order valence-corrected chi connectivity index (χ3v) is 2.36. The lowest BCUT2D eigenvalue weighted by molar-refractivity contribution is -0.127. The van der Waals surface area contributed by atoms with Gasteiger partial charge in [0.25, 0.3) is 0 Å². The molecule has 6 nitrogen and oxygen atoms in total. The molecule has 0 bridgehead atoms. The average molecular weight is 181 g/mol. The summed E-state index contributed by atoms with van der Waals surface area (Å²) in [6.45, 7) is 3.10. The van der Waals surface area contributed by atoms with Crippen molar-refractivity contribution in [2.45, 2.75) is 19.3 Å². The Morgan fingerprint density at radius 2 is 2.54 bits per heavy atom. The van der Waals surface area contributed by atoms with Crippen LogP contribution < -0.4 is 0 Å². The van der Waals surface area contributed by atoms with Crippen LogP contribution in [0.25, 0.3) is 0 Å². The van der Waals surface area contributed by atoms with Crippen LogP contribution in [0.3, 0.4) is 0 Å². The van der Waals surface area contributed by atoms with Gasteiger partial charge in [0.05, 0.1) is 0 Å². The number of carbonyl (C=O) groups excluding carboxylic acids is 1. The van der Waals surface area contributed by atoms with E-state index >= 15 is 0 Å². The molecule has 70 valence electrons. The van der Waals surface area contributed by atoms with E-state index in [2.05, 4.69) is 20.6 Å². The molecule has 2 rings (SSSR count). The molecule has 1 amide bonds. The third kappa shape index (κ3) is 1.51. The number of hydrogen-bond acceptors (Lipinski definition) is 4. The number of nitrogens with zero attached hydrogens (tertiary/aromatic N) is 4. The summed E-state index contributed by atoms with van der Waals surface area (Å²) in [6.07, 6.45) is 0.930. The second-order valence-corrected chi connectivity index (χ2v) is 3.22. The third-order valence-electron chi connectivity index (χ3n) is 2.36. The van der Waals surface area contributed by atoms with Gasteiger partial charge >= 0.3 is 0 Å². The van der Waals surface area contributed by atoms with Gasteiger partial charge in [0.2, 0.25) is 5.91 Å². The minimum atomic E-state index is 0.117. The van der Waals surface area contributed by atoms with E-state index in [0.29, 0.717) is 5.82 Å². The second-order valence-electron chi connectivity index (χ2n) is 3.22. The Kier molecular flexibility index (Phi) is 1.96. The smallest absolute Gasteiger partial charge is 0.219 e. The minimum absolute atomic E-state index is 0.117. The van der Waals surface area contributed by atoms with E-state index in [1.807, 2.05) is 0 Å². The lowest BCUT2D eigenvalue weighted by atomic mass is 10.1. The number of amides is 1. The molecule has 1 N–H and O–H groups in total. The van der Waals surface area contributed by atoms with Gasteiger partial charge in [-0.2, -0.15) is 5.21 Å². The van der Waals surface area contributed by atoms with Crippen LogP contribution >= 0.6 is 0 Å². The molecule has 6 heteroatoms. The van der Waals surface area contributed by atoms with Crippen LogP contribution in [-0.4, -0.2) is 44.5 Å². The zero-order valence-corrected chi connectivity index (χ0v) is 7.40. The van der Waals surface area contributed by atoms with Crippen LogP contribution in [0, 0.1) is 0 Å². The monoisotopic (exact) mass is 181 g/mol. The van der Waals surface area contributed by atoms with Crippen LogP contribution in [-0.2, 0) is 4.79 Å². The van der Waals surface area contributed by atoms with Crippen molar-refractivity contribution in [2.24, 2.45) is 0 Å². The second kappa shape index (κ2) is 3.12. The zero-order valence-electron chi connectivity index (χ0n) is 7.40. The fourth-order valence-electron chi connectivity index (χ4n) is 1.60. The van der Waals surface area contributed by atoms with Crippen molar-refractivity contribution in [1.29, 1.82) is 0 Å². The Morgan fingerprint density at radius 3 is 3.08 bits per heavy atom. The number of aromatic amines is 1. The largest absolute Gasteiger partial charge is 0.342 e. The molecule has 1 aliphatic rings. The van der Waals surface area contributed by atoms with Crippen LogP contribution in [0.1, 0.15) is 25.1 Å². The first-order valence-corrected chi connectivity index (χ1v) is 4.26. The molecule has 1 aliphatic heterocycles. The normalized spacial score (nSPS) is 22.2. The highest BCUT2D eigenvalue weighted by molar-refractivity contribution is 5.73. The maximum atomic E-state index is 11.0. The van der Waals surface area contributed by atoms with Gasteiger partial charge in [0, 0.05) is 25.9 Å². The van der Waals surface area contributed by atoms with E-state index in [1.165, 1.54) is 0 Å². The fraction of sp³-hybridized carbons (Fsp3) is 0.714. The minimum Gasteiger partial charge on any atom is -0.342 e. The summed E-state index contributed by atoms with van der Waals surface area (Å²) in [5, 5.41) is 13.7. The molecule has 0 spiro atoms. The number of likely N-dealkylation sites (tertiary alicyclic amines) is 1. The predicted octanol–water partition coefficient (Wildman–Crippen LogP) is -0.465. The zero-order chi connectivity index (χ0) is 9.26. The molecule has 1 aromatic heterocycles. The van der Waals surface area contributed by atoms with Gasteiger partial charge in [-0.1, -0.05) is 5.21 Å². The molecule has 1 fully saturated rings. The molecular formula is C7H11N5O. The van der Waals surface area contributed by atoms with Gasteiger partial charge in [-0.05, 0) is 6.42 Å². The summed E-state index contributed by atoms with van der Waals surface area (Å²) in [7, 11) is 0. The highest BCUT2D eigenvalue weighted by atomic mass is 16.2. The molecular weight excluding hydrogens is 170 g/mol. The van der Waals surface area contributed by atoms with Gasteiger partial charge in [-0.25, -0.2) is 0 Å². The number of nitrogens with one attached hydrogen (secondary N) is 1. The van der Waals surface area contributed by atoms with Gasteiger partial charge in [0.15, 0.2) is 5.82 Å². The van der Waals surface area contributed by atoms with Crippen molar-refractivity contribution < 1.29 is 4.79 Å². The van der Waals surface area contributed by atoms with Crippen LogP contribution in [0.15, 0.2) is 0 Å². The average Bonchev–Trinajstić information content (AvgIpc) is 2.75. The first kappa shape index (κ1) is 8.15. The SMILES string of the molecule is CC(=O)N1CCC(c2nn[nH]n2)C1. The van der Waals surface area contributed by atoms with E-state index < -0.39 is 0 Å². The molecule has 0 radical (unpaired) electrons. The topological polar surface area (TPSA) is 74.8 Å². The Morgan fingerprint density at radius 1 is 1.69 bits per heavy atom. The van der Waals surface area contributed by atoms with Crippen LogP contribution in [0.5, 0.6) is 0 Å². The first-order chi connectivity index (χ1) is 6.27. The predicted molar refractivity (Wildman–Crippen MR) is 43.8 cm³/mol. The molecule has 1 unspecified atom stereocenters. The van der Waals surface area contributed by atoms with Gasteiger partial charge in [-0.15, -0.1) is 10.2 Å². The van der Waals surface area contributed by atoms with E-state index in [-0.39, 0.29) is 11.8 Å². The molecule has 1 saturated heterocycles. The molecule has 0 aromatic carbocycles. The van der Waals surface area contributed by atoms with Crippen LogP contribution in [0.4, 0.5) is 0 Å². The van der Waals surface area contributed by atoms with Crippen molar-refractivity contribution >= 4 is 5.91 Å². The van der Waals surface area contributed by atoms with E-state index in [1.54, 1.807) is 11.8 Å².